The molecule has 0 spiro atoms. The Kier molecular flexibility index (Phi) is 3.32. The Morgan fingerprint density at radius 3 is 2.90 bits per heavy atom. The van der Waals surface area contributed by atoms with Crippen LogP contribution in [-0.2, 0) is 6.42 Å². The van der Waals surface area contributed by atoms with Gasteiger partial charge in [-0.25, -0.2) is 4.99 Å². The largest absolute Gasteiger partial charge is 0.359 e. The zero-order chi connectivity index (χ0) is 13.8. The van der Waals surface area contributed by atoms with Gasteiger partial charge in [-0.15, -0.1) is 5.10 Å². The van der Waals surface area contributed by atoms with Crippen LogP contribution in [0, 0.1) is 6.92 Å². The Hall–Kier alpha value is -2.83. The molecular weight excluding hydrogens is 256 g/mol. The van der Waals surface area contributed by atoms with Gasteiger partial charge < -0.3 is 4.52 Å². The summed E-state index contributed by atoms with van der Waals surface area (Å²) in [6, 6.07) is 11.5. The molecule has 0 saturated heterocycles. The minimum atomic E-state index is 0.508. The lowest BCUT2D eigenvalue weighted by Gasteiger charge is -2.01. The van der Waals surface area contributed by atoms with Crippen molar-refractivity contribution in [1.82, 2.24) is 25.4 Å². The van der Waals surface area contributed by atoms with Gasteiger partial charge in [0, 0.05) is 18.7 Å². The molecule has 2 aromatic heterocycles. The predicted molar refractivity (Wildman–Crippen MR) is 72.3 cm³/mol. The number of aryl methyl sites for hydroxylation is 1. The molecule has 0 N–H and O–H groups in total. The smallest absolute Gasteiger partial charge is 0.195 e. The molecule has 7 nitrogen and oxygen atoms in total. The number of hydrogen-bond acceptors (Lipinski definition) is 6. The molecule has 3 aromatic rings. The number of benzene rings is 1. The van der Waals surface area contributed by atoms with E-state index in [0.29, 0.717) is 18.1 Å². The van der Waals surface area contributed by atoms with Gasteiger partial charge in [-0.1, -0.05) is 23.4 Å². The Bertz CT molecular complexity index is 715. The maximum absolute atomic E-state index is 4.94. The second-order valence-corrected chi connectivity index (χ2v) is 4.15. The summed E-state index contributed by atoms with van der Waals surface area (Å²) in [6.07, 6.45) is 2.22. The van der Waals surface area contributed by atoms with Gasteiger partial charge in [-0.2, -0.15) is 4.68 Å². The van der Waals surface area contributed by atoms with Crippen LogP contribution in [0.4, 0.5) is 5.82 Å². The van der Waals surface area contributed by atoms with Crippen LogP contribution >= 0.6 is 0 Å². The number of rotatable bonds is 4. The van der Waals surface area contributed by atoms with Gasteiger partial charge in [-0.05, 0) is 29.5 Å². The lowest BCUT2D eigenvalue weighted by Crippen LogP contribution is -2.03. The molecule has 0 radical (unpaired) electrons. The van der Waals surface area contributed by atoms with Crippen LogP contribution in [0.15, 0.2) is 45.9 Å². The number of aliphatic imine (C=N–C) groups is 1. The molecule has 7 heteroatoms. The highest BCUT2D eigenvalue weighted by Gasteiger charge is 2.06. The van der Waals surface area contributed by atoms with Gasteiger partial charge in [0.2, 0.25) is 0 Å². The van der Waals surface area contributed by atoms with Crippen molar-refractivity contribution in [1.29, 1.82) is 0 Å². The van der Waals surface area contributed by atoms with E-state index in [1.54, 1.807) is 17.0 Å². The van der Waals surface area contributed by atoms with Crippen molar-refractivity contribution in [3.05, 3.63) is 48.0 Å². The molecule has 2 heterocycles. The van der Waals surface area contributed by atoms with Crippen molar-refractivity contribution in [3.63, 3.8) is 0 Å². The monoisotopic (exact) mass is 268 g/mol. The van der Waals surface area contributed by atoms with Gasteiger partial charge >= 0.3 is 0 Å². The molecule has 0 fully saturated rings. The molecule has 0 amide bonds. The molecule has 0 atom stereocenters. The number of para-hydroxylation sites is 1. The zero-order valence-electron chi connectivity index (χ0n) is 10.8. The Labute approximate surface area is 114 Å². The molecule has 3 rings (SSSR count). The van der Waals surface area contributed by atoms with Gasteiger partial charge in [0.1, 0.15) is 5.76 Å². The Morgan fingerprint density at radius 1 is 1.30 bits per heavy atom. The minimum absolute atomic E-state index is 0.508. The van der Waals surface area contributed by atoms with Crippen LogP contribution in [0.2, 0.25) is 0 Å². The van der Waals surface area contributed by atoms with Crippen molar-refractivity contribution >= 4 is 12.0 Å². The first-order valence-corrected chi connectivity index (χ1v) is 6.11. The topological polar surface area (TPSA) is 82.0 Å². The van der Waals surface area contributed by atoms with Crippen molar-refractivity contribution in [2.24, 2.45) is 4.99 Å². The van der Waals surface area contributed by atoms with Crippen LogP contribution in [0.25, 0.3) is 5.69 Å². The highest BCUT2D eigenvalue weighted by atomic mass is 16.5. The second kappa shape index (κ2) is 5.43. The average molecular weight is 268 g/mol. The summed E-state index contributed by atoms with van der Waals surface area (Å²) in [5.74, 6) is 1.98. The van der Waals surface area contributed by atoms with E-state index < -0.39 is 0 Å². The van der Waals surface area contributed by atoms with Crippen LogP contribution in [0.5, 0.6) is 0 Å². The zero-order valence-corrected chi connectivity index (χ0v) is 10.8. The fourth-order valence-corrected chi connectivity index (χ4v) is 1.74. The summed E-state index contributed by atoms with van der Waals surface area (Å²) >= 11 is 0. The molecule has 0 aliphatic carbocycles. The van der Waals surface area contributed by atoms with E-state index in [0.717, 1.165) is 11.4 Å². The molecule has 1 aromatic carbocycles. The summed E-state index contributed by atoms with van der Waals surface area (Å²) in [6.45, 7) is 1.82. The summed E-state index contributed by atoms with van der Waals surface area (Å²) < 4.78 is 6.62. The van der Waals surface area contributed by atoms with Crippen LogP contribution in [-0.4, -0.2) is 31.6 Å². The van der Waals surface area contributed by atoms with E-state index in [-0.39, 0.29) is 0 Å². The van der Waals surface area contributed by atoms with Crippen molar-refractivity contribution in [2.45, 2.75) is 13.3 Å². The molecular formula is C13H12N6O. The van der Waals surface area contributed by atoms with Gasteiger partial charge in [0.05, 0.1) is 5.69 Å². The summed E-state index contributed by atoms with van der Waals surface area (Å²) in [4.78, 5) is 4.20. The standard InChI is InChI=1S/C13H12N6O/c1-10-9-12(16-20-10)14-8-7-13-15-17-18-19(13)11-5-3-2-4-6-11/h2-6,8-9H,7H2,1H3. The molecule has 20 heavy (non-hydrogen) atoms. The van der Waals surface area contributed by atoms with Crippen molar-refractivity contribution < 1.29 is 4.52 Å². The SMILES string of the molecule is Cc1cc(N=CCc2nnnn2-c2ccccc2)no1. The van der Waals surface area contributed by atoms with E-state index >= 15 is 0 Å². The van der Waals surface area contributed by atoms with Gasteiger partial charge in [0.25, 0.3) is 0 Å². The third-order valence-corrected chi connectivity index (χ3v) is 2.65. The summed E-state index contributed by atoms with van der Waals surface area (Å²) in [5.41, 5.74) is 0.915. The molecule has 0 bridgehead atoms. The van der Waals surface area contributed by atoms with E-state index in [9.17, 15) is 0 Å². The van der Waals surface area contributed by atoms with E-state index in [1.807, 2.05) is 37.3 Å². The maximum atomic E-state index is 4.94. The lowest BCUT2D eigenvalue weighted by molar-refractivity contribution is 0.399. The maximum Gasteiger partial charge on any atom is 0.195 e. The Morgan fingerprint density at radius 2 is 2.15 bits per heavy atom. The normalized spacial score (nSPS) is 11.2. The highest BCUT2D eigenvalue weighted by molar-refractivity contribution is 5.64. The summed E-state index contributed by atoms with van der Waals surface area (Å²) in [7, 11) is 0. The highest BCUT2D eigenvalue weighted by Crippen LogP contribution is 2.11. The number of nitrogens with zero attached hydrogens (tertiary/aromatic N) is 6. The Balaban J connectivity index is 1.76. The van der Waals surface area contributed by atoms with E-state index in [4.69, 9.17) is 4.52 Å². The molecule has 100 valence electrons. The first-order chi connectivity index (χ1) is 9.83. The first kappa shape index (κ1) is 12.2. The lowest BCUT2D eigenvalue weighted by atomic mass is 10.3. The third kappa shape index (κ3) is 2.61. The quantitative estimate of drug-likeness (QED) is 0.675. The fourth-order valence-electron chi connectivity index (χ4n) is 1.74. The number of hydrogen-bond donors (Lipinski definition) is 0. The number of aromatic nitrogens is 5. The predicted octanol–water partition coefficient (Wildman–Crippen LogP) is 1.90. The molecule has 0 unspecified atom stereocenters. The van der Waals surface area contributed by atoms with Gasteiger partial charge in [-0.3, -0.25) is 0 Å². The average Bonchev–Trinajstić information content (AvgIpc) is 3.09. The van der Waals surface area contributed by atoms with Crippen molar-refractivity contribution in [2.75, 3.05) is 0 Å². The third-order valence-electron chi connectivity index (χ3n) is 2.65. The van der Waals surface area contributed by atoms with Crippen LogP contribution in [0.1, 0.15) is 11.6 Å². The van der Waals surface area contributed by atoms with Crippen LogP contribution < -0.4 is 0 Å². The van der Waals surface area contributed by atoms with Gasteiger partial charge in [0.15, 0.2) is 11.6 Å². The molecule has 0 aliphatic heterocycles. The van der Waals surface area contributed by atoms with E-state index in [2.05, 4.69) is 25.7 Å². The molecule has 0 aliphatic rings. The minimum Gasteiger partial charge on any atom is -0.359 e. The fraction of sp³-hybridized carbons (Fsp3) is 0.154. The number of tetrazole rings is 1. The molecule has 0 saturated carbocycles. The second-order valence-electron chi connectivity index (χ2n) is 4.15. The summed E-state index contributed by atoms with van der Waals surface area (Å²) in [5, 5.41) is 15.5. The van der Waals surface area contributed by atoms with Crippen molar-refractivity contribution in [3.8, 4) is 5.69 Å². The van der Waals surface area contributed by atoms with Crippen LogP contribution in [0.3, 0.4) is 0 Å². The van der Waals surface area contributed by atoms with E-state index in [1.165, 1.54) is 0 Å². The first-order valence-electron chi connectivity index (χ1n) is 6.11.